The van der Waals surface area contributed by atoms with Crippen molar-refractivity contribution < 1.29 is 4.74 Å². The van der Waals surface area contributed by atoms with Gasteiger partial charge in [-0.05, 0) is 176 Å². The Labute approximate surface area is 543 Å². The molecule has 4 aliphatic rings. The van der Waals surface area contributed by atoms with Crippen molar-refractivity contribution in [2.75, 3.05) is 24.5 Å². The largest absolute Gasteiger partial charge is 0.458 e. The van der Waals surface area contributed by atoms with Crippen molar-refractivity contribution >= 4 is 132 Å². The highest BCUT2D eigenvalue weighted by molar-refractivity contribution is 7.02. The molecule has 0 radical (unpaired) electrons. The summed E-state index contributed by atoms with van der Waals surface area (Å²) in [5.74, 6) is 2.77. The van der Waals surface area contributed by atoms with Crippen molar-refractivity contribution in [1.82, 2.24) is 0 Å². The van der Waals surface area contributed by atoms with Gasteiger partial charge in [0.15, 0.2) is 0 Å². The van der Waals surface area contributed by atoms with Crippen molar-refractivity contribution in [1.29, 1.82) is 0 Å². The van der Waals surface area contributed by atoms with Crippen LogP contribution in [0.1, 0.15) is 101 Å². The van der Waals surface area contributed by atoms with E-state index in [-0.39, 0.29) is 37.1 Å². The van der Waals surface area contributed by atoms with E-state index in [9.17, 15) is 0 Å². The van der Waals surface area contributed by atoms with Gasteiger partial charge in [0.05, 0.1) is 11.4 Å². The highest BCUT2D eigenvalue weighted by Gasteiger charge is 2.48. The molecule has 0 unspecified atom stereocenters. The first kappa shape index (κ1) is 56.8. The van der Waals surface area contributed by atoms with Gasteiger partial charge in [-0.3, -0.25) is 0 Å². The number of hydrogen-bond acceptors (Lipinski definition) is 6. The van der Waals surface area contributed by atoms with Crippen LogP contribution in [0.15, 0.2) is 273 Å². The molecule has 0 bridgehead atoms. The zero-order valence-electron chi connectivity index (χ0n) is 53.6. The van der Waals surface area contributed by atoms with Gasteiger partial charge in [-0.2, -0.15) is 0 Å². The second-order valence-electron chi connectivity index (χ2n) is 26.3. The van der Waals surface area contributed by atoms with E-state index in [4.69, 9.17) is 4.74 Å². The summed E-state index contributed by atoms with van der Waals surface area (Å²) in [6.45, 7) is 18.2. The van der Waals surface area contributed by atoms with Gasteiger partial charge in [0.2, 0.25) is 0 Å². The molecule has 92 heavy (non-hydrogen) atoms. The summed E-state index contributed by atoms with van der Waals surface area (Å²) in [7, 11) is 0. The van der Waals surface area contributed by atoms with Crippen LogP contribution in [0.3, 0.4) is 0 Å². The summed E-state index contributed by atoms with van der Waals surface area (Å²) >= 11 is 0. The Bertz CT molecular complexity index is 4710. The minimum atomic E-state index is -0.178. The Morgan fingerprint density at radius 1 is 0.272 bits per heavy atom. The molecule has 446 valence electrons. The van der Waals surface area contributed by atoms with E-state index >= 15 is 0 Å². The average Bonchev–Trinajstić information content (AvgIpc) is 0.689. The van der Waals surface area contributed by atoms with Gasteiger partial charge in [-0.1, -0.05) is 225 Å². The Kier molecular flexibility index (Phi) is 14.1. The lowest BCUT2D eigenvalue weighted by atomic mass is 9.30. The van der Waals surface area contributed by atoms with Crippen molar-refractivity contribution in [3.05, 3.63) is 295 Å². The molecule has 6 nitrogen and oxygen atoms in total. The third kappa shape index (κ3) is 9.16. The Morgan fingerprint density at radius 3 is 1.04 bits per heavy atom. The molecule has 0 amide bonds. The van der Waals surface area contributed by atoms with Crippen LogP contribution in [0.4, 0.5) is 85.3 Å². The van der Waals surface area contributed by atoms with Gasteiger partial charge >= 0.3 is 0 Å². The van der Waals surface area contributed by atoms with Crippen molar-refractivity contribution in [2.24, 2.45) is 0 Å². The Morgan fingerprint density at radius 2 is 0.609 bits per heavy atom. The average molecular weight is 1190 g/mol. The molecule has 4 aliphatic heterocycles. The fourth-order valence-corrected chi connectivity index (χ4v) is 15.5. The minimum Gasteiger partial charge on any atom is -0.458 e. The molecule has 16 rings (SSSR count). The van der Waals surface area contributed by atoms with Crippen LogP contribution in [-0.2, 0) is 0 Å². The highest BCUT2D eigenvalue weighted by Crippen LogP contribution is 2.53. The molecule has 0 aliphatic carbocycles. The highest BCUT2D eigenvalue weighted by atomic mass is 16.5. The number of benzene rings is 12. The number of rotatable bonds is 13. The number of anilines is 15. The number of para-hydroxylation sites is 9. The fourth-order valence-electron chi connectivity index (χ4n) is 15.5. The standard InChI is InChI=1S/C84H73B2N5O/c1-54(2)63-36-18-24-42-71(63)90(72-43-25-19-37-64(72)55(3)4)61-48-78-83-79(49-61)88(59-32-14-10-15-33-59)76-53-77-70(52-69(76)85(83)67-40-22-28-46-75(67)87(78)58-30-12-9-13-31-58)86-68-41-23-29-47-81(68)92-82-51-62(50-80(84(82)86)89(77)60-34-16-11-17-35-60)91(73-44-26-20-38-65(73)56(5)6)74-45-27-21-39-66(74)57(7)8/h9-57H,1-8H3. The molecule has 0 aromatic heterocycles. The molecule has 0 saturated heterocycles. The quantitative estimate of drug-likeness (QED) is 0.107. The van der Waals surface area contributed by atoms with Crippen LogP contribution >= 0.6 is 0 Å². The molecule has 12 aromatic rings. The zero-order valence-corrected chi connectivity index (χ0v) is 53.6. The van der Waals surface area contributed by atoms with E-state index in [0.29, 0.717) is 0 Å². The molecule has 0 spiro atoms. The second kappa shape index (κ2) is 22.8. The normalized spacial score (nSPS) is 13.2. The van der Waals surface area contributed by atoms with Gasteiger partial charge in [0, 0.05) is 80.0 Å². The van der Waals surface area contributed by atoms with Crippen LogP contribution in [0.2, 0.25) is 0 Å². The fraction of sp³-hybridized carbons (Fsp3) is 0.143. The maximum absolute atomic E-state index is 7.41. The summed E-state index contributed by atoms with van der Waals surface area (Å²) in [6.07, 6.45) is 0. The molecule has 0 N–H and O–H groups in total. The summed E-state index contributed by atoms with van der Waals surface area (Å²) in [6, 6.07) is 102. The number of hydrogen-bond donors (Lipinski definition) is 0. The number of fused-ring (bicyclic) bond motifs is 8. The van der Waals surface area contributed by atoms with Crippen LogP contribution in [0.25, 0.3) is 0 Å². The third-order valence-electron chi connectivity index (χ3n) is 19.5. The van der Waals surface area contributed by atoms with Gasteiger partial charge in [0.25, 0.3) is 13.4 Å². The molecule has 0 atom stereocenters. The van der Waals surface area contributed by atoms with E-state index in [1.54, 1.807) is 0 Å². The van der Waals surface area contributed by atoms with Gasteiger partial charge in [0.1, 0.15) is 11.5 Å². The third-order valence-corrected chi connectivity index (χ3v) is 19.5. The molecule has 0 fully saturated rings. The molecular weight excluding hydrogens is 1120 g/mol. The Hall–Kier alpha value is -10.4. The first-order valence-corrected chi connectivity index (χ1v) is 32.9. The van der Waals surface area contributed by atoms with Crippen LogP contribution in [0.5, 0.6) is 11.5 Å². The second-order valence-corrected chi connectivity index (χ2v) is 26.3. The topological polar surface area (TPSA) is 25.4 Å². The Balaban J connectivity index is 1.02. The maximum atomic E-state index is 7.41. The molecule has 12 aromatic carbocycles. The maximum Gasteiger partial charge on any atom is 0.256 e. The van der Waals surface area contributed by atoms with E-state index in [2.05, 4.69) is 353 Å². The van der Waals surface area contributed by atoms with E-state index in [1.807, 2.05) is 0 Å². The summed E-state index contributed by atoms with van der Waals surface area (Å²) in [5.41, 5.74) is 29.3. The number of nitrogens with zero attached hydrogens (tertiary/aromatic N) is 5. The van der Waals surface area contributed by atoms with E-state index < -0.39 is 0 Å². The monoisotopic (exact) mass is 1190 g/mol. The first-order valence-electron chi connectivity index (χ1n) is 32.9. The van der Waals surface area contributed by atoms with E-state index in [0.717, 1.165) is 96.4 Å². The van der Waals surface area contributed by atoms with Crippen LogP contribution < -0.4 is 62.0 Å². The van der Waals surface area contributed by atoms with Gasteiger partial charge < -0.3 is 29.2 Å². The first-order chi connectivity index (χ1) is 45.0. The zero-order chi connectivity index (χ0) is 62.5. The predicted octanol–water partition coefficient (Wildman–Crippen LogP) is 19.6. The van der Waals surface area contributed by atoms with Crippen LogP contribution in [0, 0.1) is 0 Å². The van der Waals surface area contributed by atoms with E-state index in [1.165, 1.54) is 55.5 Å². The van der Waals surface area contributed by atoms with Crippen LogP contribution in [-0.4, -0.2) is 13.4 Å². The lowest BCUT2D eigenvalue weighted by Crippen LogP contribution is -2.64. The molecule has 0 saturated carbocycles. The summed E-state index contributed by atoms with van der Waals surface area (Å²) in [4.78, 5) is 12.8. The summed E-state index contributed by atoms with van der Waals surface area (Å²) in [5, 5.41) is 0. The van der Waals surface area contributed by atoms with Gasteiger partial charge in [-0.25, -0.2) is 0 Å². The van der Waals surface area contributed by atoms with Crippen molar-refractivity contribution in [2.45, 2.75) is 79.1 Å². The predicted molar refractivity (Wildman–Crippen MR) is 392 cm³/mol. The smallest absolute Gasteiger partial charge is 0.256 e. The van der Waals surface area contributed by atoms with Crippen molar-refractivity contribution in [3.63, 3.8) is 0 Å². The van der Waals surface area contributed by atoms with Crippen molar-refractivity contribution in [3.8, 4) is 11.5 Å². The molecule has 4 heterocycles. The summed E-state index contributed by atoms with van der Waals surface area (Å²) < 4.78 is 7.41. The molecular formula is C84H73B2N5O. The number of ether oxygens (including phenoxy) is 1. The lowest BCUT2D eigenvalue weighted by Gasteiger charge is -2.47. The minimum absolute atomic E-state index is 0.163. The lowest BCUT2D eigenvalue weighted by molar-refractivity contribution is 0.487. The van der Waals surface area contributed by atoms with Gasteiger partial charge in [-0.15, -0.1) is 0 Å². The SMILES string of the molecule is CC(C)c1ccccc1N(c1cc2c3c(c1)N(c1ccccc1)c1cc4c(cc1B3c1ccccc1O2)B1c2ccccc2N(c2ccccc2)c2cc(N(c3ccccc3C(C)C)c3ccccc3C(C)C)cc(c21)N4c1ccccc1)c1ccccc1C(C)C. The molecule has 8 heteroatoms.